The fraction of sp³-hybridized carbons (Fsp3) is 0.364. The van der Waals surface area contributed by atoms with Crippen LogP contribution in [-0.4, -0.2) is 45.2 Å². The van der Waals surface area contributed by atoms with Crippen LogP contribution in [0.1, 0.15) is 37.0 Å². The van der Waals surface area contributed by atoms with Gasteiger partial charge in [0, 0.05) is 11.7 Å². The number of carbonyl (C=O) groups excluding carboxylic acids is 1. The quantitative estimate of drug-likeness (QED) is 0.598. The summed E-state index contributed by atoms with van der Waals surface area (Å²) in [4.78, 5) is 25.0. The van der Waals surface area contributed by atoms with Gasteiger partial charge in [-0.15, -0.1) is 0 Å². The molecule has 2 amide bonds. The van der Waals surface area contributed by atoms with Crippen LogP contribution in [0.2, 0.25) is 0 Å². The monoisotopic (exact) mass is 397 g/mol. The molecule has 0 radical (unpaired) electrons. The molecule has 154 valence electrons. The molecule has 0 spiro atoms. The molecule has 1 aliphatic rings. The van der Waals surface area contributed by atoms with Crippen molar-refractivity contribution in [3.8, 4) is 0 Å². The van der Waals surface area contributed by atoms with Crippen molar-refractivity contribution < 1.29 is 19.8 Å². The molecule has 2 aromatic carbocycles. The van der Waals surface area contributed by atoms with Crippen molar-refractivity contribution in [3.05, 3.63) is 65.7 Å². The minimum atomic E-state index is -1.02. The Bertz CT molecular complexity index is 839. The molecule has 0 aromatic heterocycles. The maximum atomic E-state index is 11.9. The highest BCUT2D eigenvalue weighted by atomic mass is 16.4. The molecule has 0 saturated carbocycles. The molecule has 3 rings (SSSR count). The van der Waals surface area contributed by atoms with Crippen LogP contribution in [0.15, 0.2) is 54.6 Å². The van der Waals surface area contributed by atoms with Gasteiger partial charge in [0.05, 0.1) is 18.2 Å². The highest BCUT2D eigenvalue weighted by molar-refractivity contribution is 5.94. The number of nitrogens with zero attached hydrogens (tertiary/aromatic N) is 1. The van der Waals surface area contributed by atoms with Gasteiger partial charge < -0.3 is 21.3 Å². The number of carboxylic acid groups (broad SMARTS) is 1. The van der Waals surface area contributed by atoms with Crippen LogP contribution < -0.4 is 11.1 Å². The minimum Gasteiger partial charge on any atom is -0.465 e. The Hall–Kier alpha value is -2.90. The lowest BCUT2D eigenvalue weighted by molar-refractivity contribution is -0.117. The number of carbonyl (C=O) groups is 2. The van der Waals surface area contributed by atoms with Crippen LogP contribution in [0, 0.1) is 0 Å². The van der Waals surface area contributed by atoms with Gasteiger partial charge in [-0.25, -0.2) is 4.79 Å². The Balaban J connectivity index is 1.69. The van der Waals surface area contributed by atoms with Gasteiger partial charge in [0.2, 0.25) is 5.91 Å². The Morgan fingerprint density at radius 1 is 1.14 bits per heavy atom. The summed E-state index contributed by atoms with van der Waals surface area (Å²) in [5.74, 6) is -0.261. The zero-order valence-corrected chi connectivity index (χ0v) is 16.4. The first kappa shape index (κ1) is 20.8. The van der Waals surface area contributed by atoms with Crippen LogP contribution >= 0.6 is 0 Å². The number of nitrogens with two attached hydrogens (primary N) is 1. The van der Waals surface area contributed by atoms with Crippen molar-refractivity contribution in [2.75, 3.05) is 5.32 Å². The summed E-state index contributed by atoms with van der Waals surface area (Å²) in [5.41, 5.74) is 7.89. The standard InChI is InChI=1S/C22H27N3O4/c1-14(23)21(27)24-17-9-7-15(8-10-17)13-18-11-12-19(25(18)22(28)29)20(26)16-5-3-2-4-6-16/h2-10,14,18-20,26H,11-13,23H2,1H3,(H,24,27)(H,28,29)/t14-,18-,19+,20?/m0/s1. The van der Waals surface area contributed by atoms with Gasteiger partial charge in [0.25, 0.3) is 0 Å². The molecule has 29 heavy (non-hydrogen) atoms. The zero-order chi connectivity index (χ0) is 21.0. The topological polar surface area (TPSA) is 116 Å². The lowest BCUT2D eigenvalue weighted by atomic mass is 10.0. The number of nitrogens with one attached hydrogen (secondary N) is 1. The number of likely N-dealkylation sites (tertiary alicyclic amines) is 1. The smallest absolute Gasteiger partial charge is 0.407 e. The predicted molar refractivity (Wildman–Crippen MR) is 111 cm³/mol. The number of rotatable bonds is 6. The fourth-order valence-electron chi connectivity index (χ4n) is 3.85. The third-order valence-electron chi connectivity index (χ3n) is 5.38. The van der Waals surface area contributed by atoms with Crippen molar-refractivity contribution in [1.29, 1.82) is 0 Å². The van der Waals surface area contributed by atoms with Crippen LogP contribution in [0.3, 0.4) is 0 Å². The molecule has 1 unspecified atom stereocenters. The summed E-state index contributed by atoms with van der Waals surface area (Å²) in [5, 5.41) is 23.2. The van der Waals surface area contributed by atoms with Crippen molar-refractivity contribution in [3.63, 3.8) is 0 Å². The van der Waals surface area contributed by atoms with Crippen molar-refractivity contribution >= 4 is 17.7 Å². The summed E-state index contributed by atoms with van der Waals surface area (Å²) in [6, 6.07) is 15.2. The van der Waals surface area contributed by atoms with Crippen LogP contribution in [0.4, 0.5) is 10.5 Å². The highest BCUT2D eigenvalue weighted by Gasteiger charge is 2.41. The summed E-state index contributed by atoms with van der Waals surface area (Å²) in [6.07, 6.45) is -0.0350. The van der Waals surface area contributed by atoms with Gasteiger partial charge in [-0.3, -0.25) is 9.69 Å². The molecule has 2 aromatic rings. The normalized spacial score (nSPS) is 20.9. The molecule has 1 aliphatic heterocycles. The number of aliphatic hydroxyl groups is 1. The first-order valence-corrected chi connectivity index (χ1v) is 9.76. The molecule has 0 aliphatic carbocycles. The molecular formula is C22H27N3O4. The number of hydrogen-bond donors (Lipinski definition) is 4. The third-order valence-corrected chi connectivity index (χ3v) is 5.38. The first-order valence-electron chi connectivity index (χ1n) is 9.76. The van der Waals surface area contributed by atoms with Gasteiger partial charge in [0.1, 0.15) is 0 Å². The van der Waals surface area contributed by atoms with Crippen molar-refractivity contribution in [1.82, 2.24) is 4.90 Å². The minimum absolute atomic E-state index is 0.208. The summed E-state index contributed by atoms with van der Waals surface area (Å²) in [7, 11) is 0. The lowest BCUT2D eigenvalue weighted by Crippen LogP contribution is -2.44. The Kier molecular flexibility index (Phi) is 6.51. The summed E-state index contributed by atoms with van der Waals surface area (Å²) in [6.45, 7) is 1.62. The fourth-order valence-corrected chi connectivity index (χ4v) is 3.85. The molecule has 4 atom stereocenters. The molecule has 1 fully saturated rings. The second-order valence-electron chi connectivity index (χ2n) is 7.52. The van der Waals surface area contributed by atoms with Gasteiger partial charge in [-0.05, 0) is 49.4 Å². The number of benzene rings is 2. The molecule has 5 N–H and O–H groups in total. The number of aliphatic hydroxyl groups excluding tert-OH is 1. The molecule has 0 bridgehead atoms. The largest absolute Gasteiger partial charge is 0.465 e. The van der Waals surface area contributed by atoms with Gasteiger partial charge >= 0.3 is 6.09 Å². The Morgan fingerprint density at radius 3 is 2.38 bits per heavy atom. The van der Waals surface area contributed by atoms with E-state index in [2.05, 4.69) is 5.32 Å². The van der Waals surface area contributed by atoms with E-state index in [4.69, 9.17) is 5.73 Å². The summed E-state index contributed by atoms with van der Waals surface area (Å²) < 4.78 is 0. The second-order valence-corrected chi connectivity index (χ2v) is 7.52. The van der Waals surface area contributed by atoms with E-state index in [0.29, 0.717) is 24.9 Å². The van der Waals surface area contributed by atoms with E-state index in [9.17, 15) is 19.8 Å². The number of hydrogen-bond acceptors (Lipinski definition) is 4. The number of anilines is 1. The SMILES string of the molecule is C[C@H](N)C(=O)Nc1ccc(C[C@@H]2CC[C@H](C(O)c3ccccc3)N2C(=O)O)cc1. The van der Waals surface area contributed by atoms with E-state index in [1.54, 1.807) is 19.1 Å². The first-order chi connectivity index (χ1) is 13.9. The molecule has 1 saturated heterocycles. The average Bonchev–Trinajstić information content (AvgIpc) is 3.13. The van der Waals surface area contributed by atoms with Gasteiger partial charge in [0.15, 0.2) is 0 Å². The van der Waals surface area contributed by atoms with E-state index in [-0.39, 0.29) is 11.9 Å². The van der Waals surface area contributed by atoms with E-state index >= 15 is 0 Å². The molecular weight excluding hydrogens is 370 g/mol. The zero-order valence-electron chi connectivity index (χ0n) is 16.4. The predicted octanol–water partition coefficient (Wildman–Crippen LogP) is 2.76. The lowest BCUT2D eigenvalue weighted by Gasteiger charge is -2.31. The van der Waals surface area contributed by atoms with E-state index < -0.39 is 24.3 Å². The number of amides is 2. The van der Waals surface area contributed by atoms with Crippen molar-refractivity contribution in [2.24, 2.45) is 5.73 Å². The highest BCUT2D eigenvalue weighted by Crippen LogP contribution is 2.34. The van der Waals surface area contributed by atoms with Gasteiger partial charge in [-0.2, -0.15) is 0 Å². The van der Waals surface area contributed by atoms with Crippen LogP contribution in [0.5, 0.6) is 0 Å². The molecule has 7 nitrogen and oxygen atoms in total. The van der Waals surface area contributed by atoms with Crippen LogP contribution in [-0.2, 0) is 11.2 Å². The Labute approximate surface area is 170 Å². The van der Waals surface area contributed by atoms with E-state index in [0.717, 1.165) is 11.1 Å². The molecule has 7 heteroatoms. The average molecular weight is 397 g/mol. The van der Waals surface area contributed by atoms with E-state index in [1.807, 2.05) is 42.5 Å². The molecule has 1 heterocycles. The Morgan fingerprint density at radius 2 is 1.79 bits per heavy atom. The second kappa shape index (κ2) is 9.07. The van der Waals surface area contributed by atoms with Crippen LogP contribution in [0.25, 0.3) is 0 Å². The summed E-state index contributed by atoms with van der Waals surface area (Å²) >= 11 is 0. The van der Waals surface area contributed by atoms with E-state index in [1.165, 1.54) is 4.90 Å². The third kappa shape index (κ3) is 4.93. The maximum Gasteiger partial charge on any atom is 0.407 e. The maximum absolute atomic E-state index is 11.9. The van der Waals surface area contributed by atoms with Crippen molar-refractivity contribution in [2.45, 2.75) is 50.4 Å². The van der Waals surface area contributed by atoms with Gasteiger partial charge in [-0.1, -0.05) is 42.5 Å².